The first-order valence-corrected chi connectivity index (χ1v) is 10.4. The molecule has 2 N–H and O–H groups in total. The Bertz CT molecular complexity index is 1100. The zero-order valence-electron chi connectivity index (χ0n) is 14.2. The van der Waals surface area contributed by atoms with Crippen molar-refractivity contribution in [2.75, 3.05) is 0 Å². The van der Waals surface area contributed by atoms with Crippen LogP contribution in [0.15, 0.2) is 46.2 Å². The highest BCUT2D eigenvalue weighted by Crippen LogP contribution is 2.25. The summed E-state index contributed by atoms with van der Waals surface area (Å²) in [4.78, 5) is 22.2. The highest BCUT2D eigenvalue weighted by Gasteiger charge is 2.30. The summed E-state index contributed by atoms with van der Waals surface area (Å²) in [6.07, 6.45) is 0. The molecule has 0 fully saturated rings. The van der Waals surface area contributed by atoms with E-state index in [1.54, 1.807) is 0 Å². The lowest BCUT2D eigenvalue weighted by Crippen LogP contribution is -2.19. The third-order valence-corrected chi connectivity index (χ3v) is 5.62. The summed E-state index contributed by atoms with van der Waals surface area (Å²) in [6.45, 7) is -2.76. The Hall–Kier alpha value is -2.74. The van der Waals surface area contributed by atoms with E-state index in [2.05, 4.69) is 4.74 Å². The second kappa shape index (κ2) is 8.32. The molecule has 0 aliphatic carbocycles. The Labute approximate surface area is 163 Å². The van der Waals surface area contributed by atoms with Gasteiger partial charge in [0.15, 0.2) is 0 Å². The summed E-state index contributed by atoms with van der Waals surface area (Å²) in [6, 6.07) is 5.67. The van der Waals surface area contributed by atoms with E-state index in [1.807, 2.05) is 0 Å². The summed E-state index contributed by atoms with van der Waals surface area (Å²) < 4.78 is 95.0. The van der Waals surface area contributed by atoms with Crippen LogP contribution in [0, 0.1) is 0 Å². The van der Waals surface area contributed by atoms with E-state index in [4.69, 9.17) is 0 Å². The Morgan fingerprint density at radius 2 is 1.10 bits per heavy atom. The Morgan fingerprint density at radius 1 is 0.759 bits per heavy atom. The number of ether oxygens (including phenoxy) is 1. The molecule has 0 radical (unpaired) electrons. The maximum Gasteiger partial charge on any atom is 0.347 e. The van der Waals surface area contributed by atoms with Gasteiger partial charge in [-0.15, -0.1) is 0 Å². The van der Waals surface area contributed by atoms with Gasteiger partial charge in [-0.25, -0.2) is 18.4 Å². The highest BCUT2D eigenvalue weighted by atomic mass is 32.2. The van der Waals surface area contributed by atoms with E-state index in [-0.39, 0.29) is 0 Å². The predicted octanol–water partition coefficient (Wildman–Crippen LogP) is 2.12. The van der Waals surface area contributed by atoms with Crippen LogP contribution >= 0.6 is 0 Å². The highest BCUT2D eigenvalue weighted by molar-refractivity contribution is 7.86. The molecule has 2 aromatic rings. The number of hydrogen-bond acceptors (Lipinski definition) is 7. The van der Waals surface area contributed by atoms with Gasteiger partial charge in [-0.1, -0.05) is 24.3 Å². The zero-order valence-corrected chi connectivity index (χ0v) is 15.8. The van der Waals surface area contributed by atoms with Crippen molar-refractivity contribution < 1.29 is 49.0 Å². The maximum atomic E-state index is 13.0. The molecule has 13 heteroatoms. The number of alkyl halides is 2. The van der Waals surface area contributed by atoms with E-state index < -0.39 is 77.6 Å². The van der Waals surface area contributed by atoms with Crippen molar-refractivity contribution in [2.24, 2.45) is 0 Å². The van der Waals surface area contributed by atoms with E-state index in [0.717, 1.165) is 36.4 Å². The van der Waals surface area contributed by atoms with Crippen LogP contribution in [0.1, 0.15) is 31.8 Å². The van der Waals surface area contributed by atoms with Crippen LogP contribution in [0.2, 0.25) is 0 Å². The van der Waals surface area contributed by atoms with E-state index in [0.29, 0.717) is 0 Å². The Balaban J connectivity index is 2.54. The van der Waals surface area contributed by atoms with E-state index in [9.17, 15) is 44.3 Å². The lowest BCUT2D eigenvalue weighted by atomic mass is 10.1. The number of hydrogen-bond donors (Lipinski definition) is 2. The molecular weight excluding hydrogens is 438 g/mol. The molecule has 29 heavy (non-hydrogen) atoms. The number of esters is 2. The summed E-state index contributed by atoms with van der Waals surface area (Å²) in [5.41, 5.74) is -2.97. The average molecular weight is 450 g/mol. The summed E-state index contributed by atoms with van der Waals surface area (Å²) >= 11 is 0. The fourth-order valence-electron chi connectivity index (χ4n) is 2.51. The van der Waals surface area contributed by atoms with Crippen LogP contribution in [0.25, 0.3) is 0 Å². The molecule has 0 amide bonds. The zero-order chi connectivity index (χ0) is 22.0. The smallest absolute Gasteiger partial charge is 0.347 e. The normalized spacial score (nSPS) is 11.9. The minimum absolute atomic E-state index is 0.590. The third-order valence-electron chi connectivity index (χ3n) is 3.62. The maximum absolute atomic E-state index is 13.0. The fraction of sp³-hybridized carbons (Fsp3) is 0.125. The molecule has 0 saturated carbocycles. The summed E-state index contributed by atoms with van der Waals surface area (Å²) in [7, 11) is -10.2. The SMILES string of the molecule is O=C(OC(=O)c1cccc(CF)c1S(=O)(=O)O)c1cccc(CF)c1S(=O)(=O)O. The van der Waals surface area contributed by atoms with Crippen molar-refractivity contribution >= 4 is 32.2 Å². The standard InChI is InChI=1S/C16H12F2O9S2/c17-7-9-3-1-5-11(13(9)28(21,22)23)15(19)27-16(20)12-6-2-4-10(8-18)14(12)29(24,25)26/h1-6H,7-8H2,(H,21,22,23)(H,24,25,26). The fourth-order valence-corrected chi connectivity index (χ4v) is 4.27. The third kappa shape index (κ3) is 4.82. The minimum Gasteiger partial charge on any atom is -0.386 e. The van der Waals surface area contributed by atoms with Gasteiger partial charge in [0.25, 0.3) is 20.2 Å². The van der Waals surface area contributed by atoms with Crippen LogP contribution in [-0.4, -0.2) is 37.9 Å². The quantitative estimate of drug-likeness (QED) is 0.383. The molecule has 2 aromatic carbocycles. The van der Waals surface area contributed by atoms with Gasteiger partial charge in [-0.3, -0.25) is 9.11 Å². The van der Waals surface area contributed by atoms with Crippen molar-refractivity contribution in [1.29, 1.82) is 0 Å². The van der Waals surface area contributed by atoms with Crippen molar-refractivity contribution in [1.82, 2.24) is 0 Å². The molecule has 156 valence electrons. The Morgan fingerprint density at radius 3 is 1.38 bits per heavy atom. The Kier molecular flexibility index (Phi) is 6.47. The van der Waals surface area contributed by atoms with Crippen molar-refractivity contribution in [3.63, 3.8) is 0 Å². The number of carbonyl (C=O) groups is 2. The van der Waals surface area contributed by atoms with Gasteiger partial charge in [-0.2, -0.15) is 16.8 Å². The second-order valence-corrected chi connectivity index (χ2v) is 8.20. The molecule has 9 nitrogen and oxygen atoms in total. The van der Waals surface area contributed by atoms with Crippen LogP contribution < -0.4 is 0 Å². The predicted molar refractivity (Wildman–Crippen MR) is 91.9 cm³/mol. The van der Waals surface area contributed by atoms with E-state index in [1.165, 1.54) is 0 Å². The van der Waals surface area contributed by atoms with E-state index >= 15 is 0 Å². The van der Waals surface area contributed by atoms with Crippen molar-refractivity contribution in [3.8, 4) is 0 Å². The van der Waals surface area contributed by atoms with Gasteiger partial charge in [-0.05, 0) is 12.1 Å². The van der Waals surface area contributed by atoms with Crippen LogP contribution in [0.5, 0.6) is 0 Å². The molecule has 0 aromatic heterocycles. The molecule has 2 rings (SSSR count). The van der Waals surface area contributed by atoms with Crippen LogP contribution in [0.4, 0.5) is 8.78 Å². The van der Waals surface area contributed by atoms with Gasteiger partial charge in [0.05, 0.1) is 11.1 Å². The van der Waals surface area contributed by atoms with Crippen LogP contribution in [0.3, 0.4) is 0 Å². The minimum atomic E-state index is -5.10. The van der Waals surface area contributed by atoms with Crippen LogP contribution in [-0.2, 0) is 38.3 Å². The largest absolute Gasteiger partial charge is 0.386 e. The molecule has 0 atom stereocenters. The van der Waals surface area contributed by atoms with Crippen molar-refractivity contribution in [2.45, 2.75) is 23.1 Å². The molecule has 0 aliphatic heterocycles. The second-order valence-electron chi connectivity index (χ2n) is 5.48. The molecule has 0 spiro atoms. The molecule has 0 bridgehead atoms. The first-order chi connectivity index (χ1) is 13.4. The molecular formula is C16H12F2O9S2. The van der Waals surface area contributed by atoms with Gasteiger partial charge < -0.3 is 4.74 Å². The number of carbonyl (C=O) groups excluding carboxylic acids is 2. The molecule has 0 aliphatic rings. The van der Waals surface area contributed by atoms with Gasteiger partial charge in [0.1, 0.15) is 23.1 Å². The number of rotatable bonds is 6. The van der Waals surface area contributed by atoms with Gasteiger partial charge in [0, 0.05) is 11.1 Å². The lowest BCUT2D eigenvalue weighted by Gasteiger charge is -2.12. The monoisotopic (exact) mass is 450 g/mol. The molecule has 0 saturated heterocycles. The molecule has 0 heterocycles. The van der Waals surface area contributed by atoms with Gasteiger partial charge >= 0.3 is 11.9 Å². The average Bonchev–Trinajstić information content (AvgIpc) is 2.64. The summed E-state index contributed by atoms with van der Waals surface area (Å²) in [5, 5.41) is 0. The van der Waals surface area contributed by atoms with Gasteiger partial charge in [0.2, 0.25) is 0 Å². The summed E-state index contributed by atoms with van der Waals surface area (Å²) in [5.74, 6) is -3.32. The first-order valence-electron chi connectivity index (χ1n) is 7.49. The number of benzene rings is 2. The number of halogens is 2. The topological polar surface area (TPSA) is 152 Å². The molecule has 0 unspecified atom stereocenters. The first kappa shape index (κ1) is 22.5. The lowest BCUT2D eigenvalue weighted by molar-refractivity contribution is 0.0391. The van der Waals surface area contributed by atoms with Crippen molar-refractivity contribution in [3.05, 3.63) is 58.7 Å².